The van der Waals surface area contributed by atoms with Crippen molar-refractivity contribution < 1.29 is 27.0 Å². The summed E-state index contributed by atoms with van der Waals surface area (Å²) in [5.41, 5.74) is 0. The average molecular weight is 344 g/mol. The molecule has 0 saturated carbocycles. The monoisotopic (exact) mass is 343 g/mol. The quantitative estimate of drug-likeness (QED) is 0.802. The molecule has 1 fully saturated rings. The predicted octanol–water partition coefficient (Wildman–Crippen LogP) is 3.52. The first-order valence-electron chi connectivity index (χ1n) is 6.73. The summed E-state index contributed by atoms with van der Waals surface area (Å²) < 4.78 is 59.8. The Morgan fingerprint density at radius 2 is 1.64 bits per heavy atom. The minimum atomic E-state index is -4.15. The van der Waals surface area contributed by atoms with Crippen LogP contribution in [0.1, 0.15) is 12.8 Å². The second kappa shape index (κ2) is 8.43. The zero-order valence-corrected chi connectivity index (χ0v) is 12.6. The molecule has 22 heavy (non-hydrogen) atoms. The molecular weight excluding hydrogens is 326 g/mol. The minimum absolute atomic E-state index is 0. The lowest BCUT2D eigenvalue weighted by molar-refractivity contribution is -0.148. The van der Waals surface area contributed by atoms with E-state index in [-0.39, 0.29) is 24.3 Å². The minimum Gasteiger partial charge on any atom is -0.490 e. The standard InChI is InChI=1S/C14H17F4NO2.ClH/c15-13(16)14(17,18)9-20-10-1-3-11(4-2-10)21-12-5-7-19-8-6-12;/h1-4,12-13,19H,5-9H2;1H. The van der Waals surface area contributed by atoms with Crippen LogP contribution >= 0.6 is 12.4 Å². The first kappa shape index (κ1) is 18.8. The summed E-state index contributed by atoms with van der Waals surface area (Å²) in [6, 6.07) is 6.02. The fraction of sp³-hybridized carbons (Fsp3) is 0.571. The predicted molar refractivity (Wildman–Crippen MR) is 76.7 cm³/mol. The van der Waals surface area contributed by atoms with E-state index in [4.69, 9.17) is 4.74 Å². The summed E-state index contributed by atoms with van der Waals surface area (Å²) in [4.78, 5) is 0. The highest BCUT2D eigenvalue weighted by Gasteiger charge is 2.41. The molecular formula is C14H18ClF4NO2. The fourth-order valence-electron chi connectivity index (χ4n) is 1.96. The van der Waals surface area contributed by atoms with Crippen molar-refractivity contribution in [3.8, 4) is 11.5 Å². The lowest BCUT2D eigenvalue weighted by Gasteiger charge is -2.24. The molecule has 0 spiro atoms. The topological polar surface area (TPSA) is 30.5 Å². The van der Waals surface area contributed by atoms with Crippen LogP contribution in [-0.2, 0) is 0 Å². The summed E-state index contributed by atoms with van der Waals surface area (Å²) in [5.74, 6) is -3.44. The number of alkyl halides is 4. The van der Waals surface area contributed by atoms with Gasteiger partial charge in [0.2, 0.25) is 0 Å². The Kier molecular flexibility index (Phi) is 7.22. The first-order valence-corrected chi connectivity index (χ1v) is 6.73. The summed E-state index contributed by atoms with van der Waals surface area (Å²) in [6.07, 6.45) is -1.81. The third-order valence-corrected chi connectivity index (χ3v) is 3.16. The molecule has 1 aliphatic heterocycles. The van der Waals surface area contributed by atoms with Gasteiger partial charge in [0, 0.05) is 0 Å². The largest absolute Gasteiger partial charge is 0.490 e. The van der Waals surface area contributed by atoms with Crippen molar-refractivity contribution in [1.82, 2.24) is 5.32 Å². The Morgan fingerprint density at radius 3 is 2.18 bits per heavy atom. The molecule has 1 N–H and O–H groups in total. The van der Waals surface area contributed by atoms with Crippen LogP contribution in [0.4, 0.5) is 17.6 Å². The van der Waals surface area contributed by atoms with Gasteiger partial charge in [0.1, 0.15) is 17.6 Å². The molecule has 0 atom stereocenters. The van der Waals surface area contributed by atoms with Gasteiger partial charge in [-0.15, -0.1) is 12.4 Å². The van der Waals surface area contributed by atoms with Crippen molar-refractivity contribution in [3.63, 3.8) is 0 Å². The van der Waals surface area contributed by atoms with Crippen LogP contribution in [0.2, 0.25) is 0 Å². The third-order valence-electron chi connectivity index (χ3n) is 3.16. The second-order valence-corrected chi connectivity index (χ2v) is 4.89. The maximum absolute atomic E-state index is 12.7. The zero-order chi connectivity index (χ0) is 15.3. The first-order chi connectivity index (χ1) is 9.97. The van der Waals surface area contributed by atoms with Crippen LogP contribution in [0.5, 0.6) is 11.5 Å². The highest BCUT2D eigenvalue weighted by atomic mass is 35.5. The van der Waals surface area contributed by atoms with Crippen LogP contribution in [-0.4, -0.2) is 38.1 Å². The van der Waals surface area contributed by atoms with Crippen molar-refractivity contribution in [2.45, 2.75) is 31.3 Å². The van der Waals surface area contributed by atoms with Crippen molar-refractivity contribution in [2.24, 2.45) is 0 Å². The Morgan fingerprint density at radius 1 is 1.09 bits per heavy atom. The third kappa shape index (κ3) is 5.53. The average Bonchev–Trinajstić information content (AvgIpc) is 2.47. The van der Waals surface area contributed by atoms with Gasteiger partial charge in [-0.05, 0) is 50.2 Å². The van der Waals surface area contributed by atoms with Crippen molar-refractivity contribution in [2.75, 3.05) is 19.7 Å². The van der Waals surface area contributed by atoms with Gasteiger partial charge in [0.25, 0.3) is 0 Å². The highest BCUT2D eigenvalue weighted by molar-refractivity contribution is 5.85. The SMILES string of the molecule is Cl.FC(F)C(F)(F)COc1ccc(OC2CCNCC2)cc1. The van der Waals surface area contributed by atoms with Crippen molar-refractivity contribution >= 4 is 12.4 Å². The highest BCUT2D eigenvalue weighted by Crippen LogP contribution is 2.25. The number of benzene rings is 1. The molecule has 0 bridgehead atoms. The molecule has 0 unspecified atom stereocenters. The van der Waals surface area contributed by atoms with Crippen LogP contribution < -0.4 is 14.8 Å². The molecule has 3 nitrogen and oxygen atoms in total. The Hall–Kier alpha value is -1.21. The Bertz CT molecular complexity index is 439. The van der Waals surface area contributed by atoms with Gasteiger partial charge >= 0.3 is 12.3 Å². The number of halogens is 5. The number of hydrogen-bond donors (Lipinski definition) is 1. The van der Waals surface area contributed by atoms with Gasteiger partial charge in [0.05, 0.1) is 0 Å². The number of nitrogens with one attached hydrogen (secondary N) is 1. The Balaban J connectivity index is 0.00000242. The smallest absolute Gasteiger partial charge is 0.340 e. The van der Waals surface area contributed by atoms with E-state index in [0.29, 0.717) is 5.75 Å². The van der Waals surface area contributed by atoms with E-state index >= 15 is 0 Å². The molecule has 126 valence electrons. The molecule has 1 aliphatic rings. The van der Waals surface area contributed by atoms with E-state index in [2.05, 4.69) is 10.1 Å². The normalized spacial score (nSPS) is 16.2. The summed E-state index contributed by atoms with van der Waals surface area (Å²) in [7, 11) is 0. The molecule has 0 aliphatic carbocycles. The summed E-state index contributed by atoms with van der Waals surface area (Å²) in [6.45, 7) is 0.447. The van der Waals surface area contributed by atoms with Crippen LogP contribution in [0.25, 0.3) is 0 Å². The Labute approximate surface area is 132 Å². The van der Waals surface area contributed by atoms with E-state index in [1.165, 1.54) is 12.1 Å². The summed E-state index contributed by atoms with van der Waals surface area (Å²) >= 11 is 0. The lowest BCUT2D eigenvalue weighted by Crippen LogP contribution is -2.34. The van der Waals surface area contributed by atoms with Crippen LogP contribution in [0, 0.1) is 0 Å². The molecule has 1 heterocycles. The van der Waals surface area contributed by atoms with Gasteiger partial charge in [-0.3, -0.25) is 0 Å². The lowest BCUT2D eigenvalue weighted by atomic mass is 10.1. The van der Waals surface area contributed by atoms with Crippen molar-refractivity contribution in [1.29, 1.82) is 0 Å². The van der Waals surface area contributed by atoms with Gasteiger partial charge < -0.3 is 14.8 Å². The molecule has 1 aromatic rings. The maximum Gasteiger partial charge on any atom is 0.340 e. The number of piperidine rings is 1. The molecule has 0 radical (unpaired) electrons. The maximum atomic E-state index is 12.7. The fourth-order valence-corrected chi connectivity index (χ4v) is 1.96. The van der Waals surface area contributed by atoms with Gasteiger partial charge in [-0.25, -0.2) is 8.78 Å². The van der Waals surface area contributed by atoms with E-state index in [1.807, 2.05) is 0 Å². The number of rotatable bonds is 6. The van der Waals surface area contributed by atoms with Crippen LogP contribution in [0.3, 0.4) is 0 Å². The van der Waals surface area contributed by atoms with E-state index in [0.717, 1.165) is 25.9 Å². The van der Waals surface area contributed by atoms with Gasteiger partial charge in [-0.2, -0.15) is 8.78 Å². The number of ether oxygens (including phenoxy) is 2. The molecule has 1 saturated heterocycles. The molecule has 2 rings (SSSR count). The van der Waals surface area contributed by atoms with E-state index in [9.17, 15) is 17.6 Å². The van der Waals surface area contributed by atoms with E-state index < -0.39 is 19.0 Å². The van der Waals surface area contributed by atoms with Crippen LogP contribution in [0.15, 0.2) is 24.3 Å². The molecule has 8 heteroatoms. The second-order valence-electron chi connectivity index (χ2n) is 4.89. The number of hydrogen-bond acceptors (Lipinski definition) is 3. The summed E-state index contributed by atoms with van der Waals surface area (Å²) in [5, 5.41) is 3.22. The zero-order valence-electron chi connectivity index (χ0n) is 11.7. The molecule has 0 aromatic heterocycles. The van der Waals surface area contributed by atoms with Gasteiger partial charge in [-0.1, -0.05) is 0 Å². The van der Waals surface area contributed by atoms with Gasteiger partial charge in [0.15, 0.2) is 6.61 Å². The molecule has 0 amide bonds. The van der Waals surface area contributed by atoms with E-state index in [1.54, 1.807) is 12.1 Å². The molecule has 1 aromatic carbocycles. The van der Waals surface area contributed by atoms with Crippen molar-refractivity contribution in [3.05, 3.63) is 24.3 Å².